The van der Waals surface area contributed by atoms with Gasteiger partial charge in [-0.2, -0.15) is 0 Å². The number of hydrogen-bond acceptors (Lipinski definition) is 5. The van der Waals surface area contributed by atoms with Crippen molar-refractivity contribution in [2.45, 2.75) is 37.8 Å². The summed E-state index contributed by atoms with van der Waals surface area (Å²) in [6.45, 7) is 0. The lowest BCUT2D eigenvalue weighted by Crippen LogP contribution is -2.44. The molecule has 0 radical (unpaired) electrons. The van der Waals surface area contributed by atoms with Crippen molar-refractivity contribution in [1.29, 1.82) is 0 Å². The number of carbonyl (C=O) groups is 1. The van der Waals surface area contributed by atoms with Crippen molar-refractivity contribution in [2.24, 2.45) is 0 Å². The summed E-state index contributed by atoms with van der Waals surface area (Å²) in [6.07, 6.45) is 2.87. The molecule has 7 nitrogen and oxygen atoms in total. The predicted octanol–water partition coefficient (Wildman–Crippen LogP) is 2.03. The number of nitrogens with zero attached hydrogens (tertiary/aromatic N) is 2. The van der Waals surface area contributed by atoms with E-state index in [9.17, 15) is 25.1 Å². The minimum Gasteiger partial charge on any atom is -0.478 e. The van der Waals surface area contributed by atoms with E-state index in [0.717, 1.165) is 25.3 Å². The molecule has 0 saturated heterocycles. The number of anilines is 1. The van der Waals surface area contributed by atoms with Crippen molar-refractivity contribution in [3.8, 4) is 0 Å². The maximum Gasteiger partial charge on any atom is 0.338 e. The lowest BCUT2D eigenvalue weighted by molar-refractivity contribution is -0.384. The first-order valence-corrected chi connectivity index (χ1v) is 6.84. The smallest absolute Gasteiger partial charge is 0.338 e. The minimum absolute atomic E-state index is 0.121. The molecule has 0 heterocycles. The average molecular weight is 294 g/mol. The molecule has 1 fully saturated rings. The van der Waals surface area contributed by atoms with Gasteiger partial charge in [0, 0.05) is 19.2 Å². The molecule has 2 rings (SSSR count). The van der Waals surface area contributed by atoms with Gasteiger partial charge in [0.25, 0.3) is 5.69 Å². The molecule has 2 unspecified atom stereocenters. The van der Waals surface area contributed by atoms with Crippen LogP contribution in [0.2, 0.25) is 0 Å². The van der Waals surface area contributed by atoms with Gasteiger partial charge >= 0.3 is 5.97 Å². The second kappa shape index (κ2) is 6.09. The molecule has 0 amide bonds. The van der Waals surface area contributed by atoms with Gasteiger partial charge in [-0.3, -0.25) is 10.1 Å². The number of nitro benzene ring substituents is 1. The Bertz CT molecular complexity index is 560. The summed E-state index contributed by atoms with van der Waals surface area (Å²) in [5.74, 6) is -1.22. The number of likely N-dealkylation sites (N-methyl/N-ethyl adjacent to an activating group) is 1. The van der Waals surface area contributed by atoms with Crippen LogP contribution in [0, 0.1) is 10.1 Å². The van der Waals surface area contributed by atoms with Crippen molar-refractivity contribution >= 4 is 17.3 Å². The van der Waals surface area contributed by atoms with Crippen LogP contribution < -0.4 is 4.90 Å². The van der Waals surface area contributed by atoms with Gasteiger partial charge < -0.3 is 15.1 Å². The fourth-order valence-corrected chi connectivity index (χ4v) is 2.84. The summed E-state index contributed by atoms with van der Waals surface area (Å²) in [5.41, 5.74) is 0.0114. The van der Waals surface area contributed by atoms with Gasteiger partial charge in [0.2, 0.25) is 0 Å². The summed E-state index contributed by atoms with van der Waals surface area (Å²) >= 11 is 0. The van der Waals surface area contributed by atoms with Crippen molar-refractivity contribution in [1.82, 2.24) is 0 Å². The molecule has 1 aromatic carbocycles. The molecule has 21 heavy (non-hydrogen) atoms. The molecule has 0 aliphatic heterocycles. The monoisotopic (exact) mass is 294 g/mol. The summed E-state index contributed by atoms with van der Waals surface area (Å²) in [6, 6.07) is 3.61. The highest BCUT2D eigenvalue weighted by atomic mass is 16.6. The topological polar surface area (TPSA) is 104 Å². The molecule has 1 aliphatic rings. The molecule has 114 valence electrons. The van der Waals surface area contributed by atoms with Gasteiger partial charge in [0.1, 0.15) is 0 Å². The number of aromatic carboxylic acids is 1. The summed E-state index contributed by atoms with van der Waals surface area (Å²) in [7, 11) is 1.72. The Morgan fingerprint density at radius 1 is 1.38 bits per heavy atom. The summed E-state index contributed by atoms with van der Waals surface area (Å²) in [5, 5.41) is 30.1. The zero-order valence-corrected chi connectivity index (χ0v) is 11.7. The van der Waals surface area contributed by atoms with E-state index in [-0.39, 0.29) is 17.3 Å². The quantitative estimate of drug-likeness (QED) is 0.650. The maximum absolute atomic E-state index is 11.4. The Labute approximate surface area is 122 Å². The van der Waals surface area contributed by atoms with Crippen LogP contribution in [0.1, 0.15) is 36.0 Å². The number of hydrogen-bond donors (Lipinski definition) is 2. The van der Waals surface area contributed by atoms with Crippen LogP contribution in [0.25, 0.3) is 0 Å². The molecular weight excluding hydrogens is 276 g/mol. The summed E-state index contributed by atoms with van der Waals surface area (Å²) < 4.78 is 0. The van der Waals surface area contributed by atoms with Gasteiger partial charge in [0.15, 0.2) is 0 Å². The molecule has 1 aromatic rings. The third kappa shape index (κ3) is 3.13. The van der Waals surface area contributed by atoms with E-state index >= 15 is 0 Å². The van der Waals surface area contributed by atoms with Gasteiger partial charge in [-0.15, -0.1) is 0 Å². The number of aliphatic hydroxyl groups is 1. The number of rotatable bonds is 4. The van der Waals surface area contributed by atoms with E-state index in [1.807, 2.05) is 0 Å². The standard InChI is InChI=1S/C14H18N2O5/c1-15(12-4-2-3-5-13(12)17)11-7-6-9(16(20)21)8-10(11)14(18)19/h6-8,12-13,17H,2-5H2,1H3,(H,18,19). The van der Waals surface area contributed by atoms with E-state index in [1.54, 1.807) is 11.9 Å². The SMILES string of the molecule is CN(c1ccc([N+](=O)[O-])cc1C(=O)O)C1CCCCC1O. The van der Waals surface area contributed by atoms with Crippen LogP contribution in [0.5, 0.6) is 0 Å². The van der Waals surface area contributed by atoms with Crippen LogP contribution in [-0.2, 0) is 0 Å². The van der Waals surface area contributed by atoms with Crippen molar-refractivity contribution in [3.63, 3.8) is 0 Å². The number of nitro groups is 1. The van der Waals surface area contributed by atoms with Gasteiger partial charge in [-0.1, -0.05) is 12.8 Å². The average Bonchev–Trinajstić information content (AvgIpc) is 2.46. The van der Waals surface area contributed by atoms with Crippen LogP contribution in [0.3, 0.4) is 0 Å². The number of carboxylic acid groups (broad SMARTS) is 1. The second-order valence-corrected chi connectivity index (χ2v) is 5.29. The maximum atomic E-state index is 11.4. The fourth-order valence-electron chi connectivity index (χ4n) is 2.84. The molecule has 2 atom stereocenters. The zero-order valence-electron chi connectivity index (χ0n) is 11.7. The highest BCUT2D eigenvalue weighted by molar-refractivity contribution is 5.95. The number of non-ortho nitro benzene ring substituents is 1. The molecule has 2 N–H and O–H groups in total. The Kier molecular flexibility index (Phi) is 4.42. The lowest BCUT2D eigenvalue weighted by atomic mass is 9.91. The zero-order chi connectivity index (χ0) is 15.6. The van der Waals surface area contributed by atoms with Crippen molar-refractivity contribution in [2.75, 3.05) is 11.9 Å². The first-order valence-electron chi connectivity index (χ1n) is 6.84. The van der Waals surface area contributed by atoms with E-state index in [2.05, 4.69) is 0 Å². The molecule has 7 heteroatoms. The number of carboxylic acids is 1. The predicted molar refractivity (Wildman–Crippen MR) is 76.7 cm³/mol. The highest BCUT2D eigenvalue weighted by Crippen LogP contribution is 2.30. The van der Waals surface area contributed by atoms with Crippen LogP contribution in [0.15, 0.2) is 18.2 Å². The Hall–Kier alpha value is -2.15. The summed E-state index contributed by atoms with van der Waals surface area (Å²) in [4.78, 5) is 23.2. The largest absolute Gasteiger partial charge is 0.478 e. The molecule has 0 bridgehead atoms. The van der Waals surface area contributed by atoms with E-state index < -0.39 is 17.0 Å². The van der Waals surface area contributed by atoms with Crippen LogP contribution in [0.4, 0.5) is 11.4 Å². The highest BCUT2D eigenvalue weighted by Gasteiger charge is 2.29. The molecule has 0 aromatic heterocycles. The van der Waals surface area contributed by atoms with E-state index in [0.29, 0.717) is 12.1 Å². The van der Waals surface area contributed by atoms with Crippen molar-refractivity contribution < 1.29 is 19.9 Å². The van der Waals surface area contributed by atoms with Gasteiger partial charge in [0.05, 0.1) is 28.3 Å². The first kappa shape index (κ1) is 15.2. The molecule has 1 aliphatic carbocycles. The lowest BCUT2D eigenvalue weighted by Gasteiger charge is -2.37. The molecular formula is C14H18N2O5. The second-order valence-electron chi connectivity index (χ2n) is 5.29. The molecule has 0 spiro atoms. The van der Waals surface area contributed by atoms with Crippen LogP contribution >= 0.6 is 0 Å². The third-order valence-electron chi connectivity index (χ3n) is 3.99. The van der Waals surface area contributed by atoms with Gasteiger partial charge in [-0.25, -0.2) is 4.79 Å². The third-order valence-corrected chi connectivity index (χ3v) is 3.99. The van der Waals surface area contributed by atoms with E-state index in [4.69, 9.17) is 0 Å². The van der Waals surface area contributed by atoms with Crippen molar-refractivity contribution in [3.05, 3.63) is 33.9 Å². The van der Waals surface area contributed by atoms with Crippen LogP contribution in [-0.4, -0.2) is 40.3 Å². The number of benzene rings is 1. The molecule has 1 saturated carbocycles. The number of aliphatic hydroxyl groups excluding tert-OH is 1. The Morgan fingerprint density at radius 3 is 2.62 bits per heavy atom. The van der Waals surface area contributed by atoms with E-state index in [1.165, 1.54) is 12.1 Å². The fraction of sp³-hybridized carbons (Fsp3) is 0.500. The Morgan fingerprint density at radius 2 is 2.05 bits per heavy atom. The Balaban J connectivity index is 2.37. The normalized spacial score (nSPS) is 21.8. The minimum atomic E-state index is -1.22. The first-order chi connectivity index (χ1) is 9.91. The van der Waals surface area contributed by atoms with Gasteiger partial charge in [-0.05, 0) is 18.9 Å².